The second-order valence-corrected chi connectivity index (χ2v) is 2.98. The molecule has 0 bridgehead atoms. The first kappa shape index (κ1) is 9.95. The summed E-state index contributed by atoms with van der Waals surface area (Å²) in [6.07, 6.45) is 0. The van der Waals surface area contributed by atoms with E-state index in [1.54, 1.807) is 19.9 Å². The van der Waals surface area contributed by atoms with Gasteiger partial charge in [-0.2, -0.15) is 0 Å². The number of phenols is 1. The minimum atomic E-state index is -0.598. The molecule has 0 unspecified atom stereocenters. The molecule has 0 aliphatic heterocycles. The van der Waals surface area contributed by atoms with Gasteiger partial charge in [0.15, 0.2) is 11.6 Å². The number of hydrogen-bond donors (Lipinski definition) is 3. The van der Waals surface area contributed by atoms with Crippen LogP contribution in [0.4, 0.5) is 4.39 Å². The average Bonchev–Trinajstić information content (AvgIpc) is 2.11. The molecule has 0 saturated heterocycles. The number of aryl methyl sites for hydroxylation is 1. The van der Waals surface area contributed by atoms with Crippen molar-refractivity contribution >= 4 is 0 Å². The fourth-order valence-electron chi connectivity index (χ4n) is 1.21. The quantitative estimate of drug-likeness (QED) is 0.614. The van der Waals surface area contributed by atoms with Gasteiger partial charge in [0, 0.05) is 6.54 Å². The Morgan fingerprint density at radius 2 is 2.08 bits per heavy atom. The fourth-order valence-corrected chi connectivity index (χ4v) is 1.21. The number of hydrogen-bond acceptors (Lipinski definition) is 3. The van der Waals surface area contributed by atoms with Crippen molar-refractivity contribution in [2.45, 2.75) is 20.4 Å². The lowest BCUT2D eigenvalue weighted by atomic mass is 10.0. The SMILES string of the molecule is Cc1cc(CNO)c(C)c(O)c1F. The fraction of sp³-hybridized carbons (Fsp3) is 0.333. The molecule has 0 atom stereocenters. The van der Waals surface area contributed by atoms with E-state index >= 15 is 0 Å². The number of rotatable bonds is 2. The largest absolute Gasteiger partial charge is 0.505 e. The maximum absolute atomic E-state index is 13.1. The van der Waals surface area contributed by atoms with E-state index in [9.17, 15) is 9.50 Å². The molecule has 0 amide bonds. The Kier molecular flexibility index (Phi) is 2.85. The molecule has 1 aromatic rings. The van der Waals surface area contributed by atoms with E-state index in [2.05, 4.69) is 0 Å². The first-order valence-corrected chi connectivity index (χ1v) is 3.92. The van der Waals surface area contributed by atoms with Gasteiger partial charge in [-0.15, -0.1) is 0 Å². The summed E-state index contributed by atoms with van der Waals surface area (Å²) < 4.78 is 13.1. The van der Waals surface area contributed by atoms with Crippen LogP contribution in [-0.2, 0) is 6.54 Å². The molecule has 3 N–H and O–H groups in total. The molecule has 4 heteroatoms. The molecule has 0 aliphatic carbocycles. The second-order valence-electron chi connectivity index (χ2n) is 2.98. The highest BCUT2D eigenvalue weighted by molar-refractivity contribution is 5.43. The van der Waals surface area contributed by atoms with E-state index in [0.717, 1.165) is 0 Å². The minimum Gasteiger partial charge on any atom is -0.505 e. The van der Waals surface area contributed by atoms with Crippen LogP contribution in [-0.4, -0.2) is 10.3 Å². The zero-order valence-electron chi connectivity index (χ0n) is 7.56. The van der Waals surface area contributed by atoms with Gasteiger partial charge in [0.2, 0.25) is 0 Å². The maximum atomic E-state index is 13.1. The number of halogens is 1. The predicted octanol–water partition coefficient (Wildman–Crippen LogP) is 1.63. The van der Waals surface area contributed by atoms with Crippen LogP contribution in [0.3, 0.4) is 0 Å². The minimum absolute atomic E-state index is 0.195. The van der Waals surface area contributed by atoms with Crippen molar-refractivity contribution in [3.63, 3.8) is 0 Å². The molecule has 0 aliphatic rings. The Bertz CT molecular complexity index is 326. The summed E-state index contributed by atoms with van der Waals surface area (Å²) in [6, 6.07) is 1.59. The van der Waals surface area contributed by atoms with Crippen LogP contribution in [0.25, 0.3) is 0 Å². The Hall–Kier alpha value is -1.13. The lowest BCUT2D eigenvalue weighted by molar-refractivity contribution is 0.161. The van der Waals surface area contributed by atoms with Gasteiger partial charge in [-0.1, -0.05) is 6.07 Å². The van der Waals surface area contributed by atoms with Gasteiger partial charge in [0.25, 0.3) is 0 Å². The summed E-state index contributed by atoms with van der Waals surface area (Å²) in [7, 11) is 0. The summed E-state index contributed by atoms with van der Waals surface area (Å²) in [4.78, 5) is 0. The Balaban J connectivity index is 3.24. The van der Waals surface area contributed by atoms with Crippen molar-refractivity contribution in [1.82, 2.24) is 5.48 Å². The first-order valence-electron chi connectivity index (χ1n) is 3.92. The van der Waals surface area contributed by atoms with Crippen molar-refractivity contribution in [2.24, 2.45) is 0 Å². The van der Waals surface area contributed by atoms with Crippen molar-refractivity contribution in [3.8, 4) is 5.75 Å². The van der Waals surface area contributed by atoms with Crippen LogP contribution in [0.1, 0.15) is 16.7 Å². The zero-order valence-corrected chi connectivity index (χ0v) is 7.56. The highest BCUT2D eigenvalue weighted by atomic mass is 19.1. The van der Waals surface area contributed by atoms with Crippen LogP contribution in [0, 0.1) is 19.7 Å². The van der Waals surface area contributed by atoms with E-state index in [4.69, 9.17) is 5.21 Å². The van der Waals surface area contributed by atoms with Crippen LogP contribution >= 0.6 is 0 Å². The smallest absolute Gasteiger partial charge is 0.167 e. The van der Waals surface area contributed by atoms with Gasteiger partial charge in [0.05, 0.1) is 0 Å². The van der Waals surface area contributed by atoms with Crippen LogP contribution in [0.2, 0.25) is 0 Å². The number of hydroxylamine groups is 1. The van der Waals surface area contributed by atoms with Crippen molar-refractivity contribution < 1.29 is 14.7 Å². The first-order chi connectivity index (χ1) is 6.07. The lowest BCUT2D eigenvalue weighted by Gasteiger charge is -2.09. The van der Waals surface area contributed by atoms with Gasteiger partial charge >= 0.3 is 0 Å². The van der Waals surface area contributed by atoms with Gasteiger partial charge in [0.1, 0.15) is 0 Å². The highest BCUT2D eigenvalue weighted by Crippen LogP contribution is 2.26. The predicted molar refractivity (Wildman–Crippen MR) is 46.2 cm³/mol. The van der Waals surface area contributed by atoms with E-state index in [1.807, 2.05) is 5.48 Å². The second kappa shape index (κ2) is 3.72. The number of benzene rings is 1. The summed E-state index contributed by atoms with van der Waals surface area (Å²) >= 11 is 0. The summed E-state index contributed by atoms with van der Waals surface area (Å²) in [5.41, 5.74) is 3.46. The third-order valence-corrected chi connectivity index (χ3v) is 2.05. The van der Waals surface area contributed by atoms with E-state index in [1.165, 1.54) is 0 Å². The van der Waals surface area contributed by atoms with Crippen LogP contribution in [0.15, 0.2) is 6.07 Å². The molecular weight excluding hydrogens is 173 g/mol. The van der Waals surface area contributed by atoms with Crippen molar-refractivity contribution in [1.29, 1.82) is 0 Å². The highest BCUT2D eigenvalue weighted by Gasteiger charge is 2.11. The lowest BCUT2D eigenvalue weighted by Crippen LogP contribution is -2.08. The van der Waals surface area contributed by atoms with E-state index in [-0.39, 0.29) is 12.3 Å². The molecule has 0 heterocycles. The normalized spacial score (nSPS) is 10.5. The molecule has 1 aromatic carbocycles. The van der Waals surface area contributed by atoms with Crippen molar-refractivity contribution in [3.05, 3.63) is 28.6 Å². The molecule has 3 nitrogen and oxygen atoms in total. The standard InChI is InChI=1S/C9H12FNO2/c1-5-3-7(4-11-13)6(2)9(12)8(5)10/h3,11-13H,4H2,1-2H3. The molecule has 0 radical (unpaired) electrons. The average molecular weight is 185 g/mol. The number of nitrogens with one attached hydrogen (secondary N) is 1. The van der Waals surface area contributed by atoms with E-state index < -0.39 is 5.82 Å². The van der Waals surface area contributed by atoms with E-state index in [0.29, 0.717) is 16.7 Å². The van der Waals surface area contributed by atoms with Gasteiger partial charge in [-0.3, -0.25) is 0 Å². The molecule has 0 aromatic heterocycles. The summed E-state index contributed by atoms with van der Waals surface area (Å²) in [6.45, 7) is 3.36. The molecule has 0 fully saturated rings. The molecule has 0 spiro atoms. The molecule has 72 valence electrons. The Morgan fingerprint density at radius 3 is 2.62 bits per heavy atom. The Labute approximate surface area is 75.8 Å². The van der Waals surface area contributed by atoms with Gasteiger partial charge < -0.3 is 10.3 Å². The zero-order chi connectivity index (χ0) is 10.0. The number of phenolic OH excluding ortho intramolecular Hbond substituents is 1. The van der Waals surface area contributed by atoms with Gasteiger partial charge in [-0.25, -0.2) is 9.87 Å². The molecular formula is C9H12FNO2. The summed E-state index contributed by atoms with van der Waals surface area (Å²) in [5, 5.41) is 17.8. The Morgan fingerprint density at radius 1 is 1.46 bits per heavy atom. The van der Waals surface area contributed by atoms with Crippen LogP contribution < -0.4 is 5.48 Å². The maximum Gasteiger partial charge on any atom is 0.167 e. The third-order valence-electron chi connectivity index (χ3n) is 2.05. The third kappa shape index (κ3) is 1.79. The molecule has 0 saturated carbocycles. The molecule has 13 heavy (non-hydrogen) atoms. The summed E-state index contributed by atoms with van der Waals surface area (Å²) in [5.74, 6) is -0.940. The monoisotopic (exact) mass is 185 g/mol. The molecule has 1 rings (SSSR count). The van der Waals surface area contributed by atoms with Crippen molar-refractivity contribution in [2.75, 3.05) is 0 Å². The van der Waals surface area contributed by atoms with Crippen LogP contribution in [0.5, 0.6) is 5.75 Å². The van der Waals surface area contributed by atoms with Gasteiger partial charge in [-0.05, 0) is 30.5 Å². The number of aromatic hydroxyl groups is 1. The topological polar surface area (TPSA) is 52.5 Å².